The van der Waals surface area contributed by atoms with E-state index in [9.17, 15) is 22.8 Å². The second-order valence-electron chi connectivity index (χ2n) is 7.53. The van der Waals surface area contributed by atoms with Crippen molar-refractivity contribution in [1.82, 2.24) is 9.55 Å². The number of aromatic nitrogens is 2. The second kappa shape index (κ2) is 9.67. The molecule has 0 aliphatic carbocycles. The maximum absolute atomic E-state index is 14.6. The van der Waals surface area contributed by atoms with Crippen LogP contribution >= 0.6 is 11.6 Å². The molecule has 3 N–H and O–H groups in total. The van der Waals surface area contributed by atoms with Crippen LogP contribution in [0.2, 0.25) is 5.02 Å². The molecule has 0 fully saturated rings. The lowest BCUT2D eigenvalue weighted by Crippen LogP contribution is -2.24. The number of carbonyl (C=O) groups is 1. The molecule has 0 spiro atoms. The molecule has 0 bridgehead atoms. The summed E-state index contributed by atoms with van der Waals surface area (Å²) in [5.41, 5.74) is -0.356. The summed E-state index contributed by atoms with van der Waals surface area (Å²) in [4.78, 5) is 29.9. The average molecular weight is 502 g/mol. The summed E-state index contributed by atoms with van der Waals surface area (Å²) in [7, 11) is 1.72. The quantitative estimate of drug-likeness (QED) is 0.327. The molecule has 0 saturated carbocycles. The van der Waals surface area contributed by atoms with Gasteiger partial charge >= 0.3 is 6.03 Å². The van der Waals surface area contributed by atoms with Crippen LogP contribution in [0.15, 0.2) is 53.6 Å². The zero-order valence-corrected chi connectivity index (χ0v) is 19.3. The van der Waals surface area contributed by atoms with Gasteiger partial charge in [-0.3, -0.25) is 9.36 Å². The van der Waals surface area contributed by atoms with Gasteiger partial charge in [-0.25, -0.2) is 22.9 Å². The van der Waals surface area contributed by atoms with Gasteiger partial charge in [-0.15, -0.1) is 0 Å². The predicted octanol–water partition coefficient (Wildman–Crippen LogP) is 5.70. The van der Waals surface area contributed by atoms with Gasteiger partial charge in [0, 0.05) is 36.5 Å². The molecule has 0 atom stereocenters. The lowest BCUT2D eigenvalue weighted by atomic mass is 10.1. The second-order valence-corrected chi connectivity index (χ2v) is 7.94. The highest BCUT2D eigenvalue weighted by molar-refractivity contribution is 6.32. The number of hydrogen-bond donors (Lipinski definition) is 3. The third-order valence-corrected chi connectivity index (χ3v) is 5.64. The predicted molar refractivity (Wildman–Crippen MR) is 130 cm³/mol. The summed E-state index contributed by atoms with van der Waals surface area (Å²) in [6.07, 6.45) is 3.54. The molecule has 7 nitrogen and oxygen atoms in total. The Morgan fingerprint density at radius 2 is 1.77 bits per heavy atom. The molecule has 4 rings (SSSR count). The number of nitrogens with one attached hydrogen (secondary N) is 3. The molecule has 0 aliphatic rings. The number of anilines is 3. The molecule has 0 saturated heterocycles. The lowest BCUT2D eigenvalue weighted by Gasteiger charge is -2.15. The smallest absolute Gasteiger partial charge is 0.323 e. The van der Waals surface area contributed by atoms with Crippen LogP contribution in [0.1, 0.15) is 12.5 Å². The molecule has 180 valence electrons. The number of halogens is 4. The zero-order chi connectivity index (χ0) is 25.3. The van der Waals surface area contributed by atoms with Gasteiger partial charge in [0.05, 0.1) is 22.1 Å². The van der Waals surface area contributed by atoms with Crippen LogP contribution in [-0.4, -0.2) is 22.6 Å². The van der Waals surface area contributed by atoms with Crippen molar-refractivity contribution in [2.75, 3.05) is 23.0 Å². The van der Waals surface area contributed by atoms with Gasteiger partial charge in [0.2, 0.25) is 0 Å². The topological polar surface area (TPSA) is 88.1 Å². The molecule has 0 unspecified atom stereocenters. The van der Waals surface area contributed by atoms with Crippen molar-refractivity contribution in [3.05, 3.63) is 87.2 Å². The van der Waals surface area contributed by atoms with Gasteiger partial charge in [0.25, 0.3) is 5.56 Å². The molecule has 0 radical (unpaired) electrons. The summed E-state index contributed by atoms with van der Waals surface area (Å²) >= 11 is 6.27. The van der Waals surface area contributed by atoms with Crippen LogP contribution in [0.4, 0.5) is 35.2 Å². The number of carbonyl (C=O) groups excluding carboxylic acids is 1. The summed E-state index contributed by atoms with van der Waals surface area (Å²) in [5, 5.41) is 8.66. The van der Waals surface area contributed by atoms with E-state index in [1.807, 2.05) is 6.92 Å². The van der Waals surface area contributed by atoms with Gasteiger partial charge in [0.15, 0.2) is 0 Å². The molecular weight excluding hydrogens is 483 g/mol. The van der Waals surface area contributed by atoms with Crippen LogP contribution in [0, 0.1) is 17.5 Å². The highest BCUT2D eigenvalue weighted by Crippen LogP contribution is 2.29. The summed E-state index contributed by atoms with van der Waals surface area (Å²) in [6.45, 7) is 1.83. The van der Waals surface area contributed by atoms with E-state index in [1.165, 1.54) is 16.8 Å². The number of aryl methyl sites for hydroxylation is 1. The molecule has 2 aromatic heterocycles. The number of nitrogens with zero attached hydrogens (tertiary/aromatic N) is 2. The van der Waals surface area contributed by atoms with Crippen molar-refractivity contribution in [3.8, 4) is 5.69 Å². The van der Waals surface area contributed by atoms with Crippen molar-refractivity contribution >= 4 is 45.6 Å². The molecular formula is C24H19ClF3N5O2. The Morgan fingerprint density at radius 3 is 2.46 bits per heavy atom. The maximum atomic E-state index is 14.6. The lowest BCUT2D eigenvalue weighted by molar-refractivity contribution is 0.262. The third-order valence-electron chi connectivity index (χ3n) is 5.34. The van der Waals surface area contributed by atoms with Crippen molar-refractivity contribution in [2.45, 2.75) is 13.3 Å². The maximum Gasteiger partial charge on any atom is 0.323 e. The number of hydrogen-bond acceptors (Lipinski definition) is 4. The number of urea groups is 1. The van der Waals surface area contributed by atoms with E-state index in [0.717, 1.165) is 18.2 Å². The van der Waals surface area contributed by atoms with Crippen molar-refractivity contribution < 1.29 is 18.0 Å². The fourth-order valence-electron chi connectivity index (χ4n) is 3.63. The van der Waals surface area contributed by atoms with Crippen molar-refractivity contribution in [1.29, 1.82) is 0 Å². The Balaban J connectivity index is 1.74. The minimum atomic E-state index is -0.998. The average Bonchev–Trinajstić information content (AvgIpc) is 2.82. The monoisotopic (exact) mass is 501 g/mol. The first-order chi connectivity index (χ1) is 16.7. The van der Waals surface area contributed by atoms with Gasteiger partial charge in [-0.05, 0) is 42.1 Å². The Kier molecular flexibility index (Phi) is 6.65. The summed E-state index contributed by atoms with van der Waals surface area (Å²) in [5.74, 6) is -2.09. The minimum absolute atomic E-state index is 0.0682. The fourth-order valence-corrected chi connectivity index (χ4v) is 3.87. The van der Waals surface area contributed by atoms with Crippen molar-refractivity contribution in [2.24, 2.45) is 0 Å². The number of amides is 2. The number of pyridine rings is 2. The van der Waals surface area contributed by atoms with E-state index in [1.54, 1.807) is 19.3 Å². The first-order valence-corrected chi connectivity index (χ1v) is 10.8. The summed E-state index contributed by atoms with van der Waals surface area (Å²) < 4.78 is 42.8. The molecule has 4 aromatic rings. The normalized spacial score (nSPS) is 10.9. The Bertz CT molecular complexity index is 1520. The van der Waals surface area contributed by atoms with Crippen LogP contribution in [0.25, 0.3) is 16.5 Å². The zero-order valence-electron chi connectivity index (χ0n) is 18.5. The molecule has 11 heteroatoms. The first kappa shape index (κ1) is 24.1. The van der Waals surface area contributed by atoms with Crippen LogP contribution in [-0.2, 0) is 6.42 Å². The van der Waals surface area contributed by atoms with Crippen molar-refractivity contribution in [3.63, 3.8) is 0 Å². The largest absolute Gasteiger partial charge is 0.373 e. The van der Waals surface area contributed by atoms with Crippen LogP contribution < -0.4 is 21.5 Å². The van der Waals surface area contributed by atoms with E-state index in [0.29, 0.717) is 34.6 Å². The van der Waals surface area contributed by atoms with E-state index in [-0.39, 0.29) is 27.6 Å². The van der Waals surface area contributed by atoms with Crippen LogP contribution in [0.3, 0.4) is 0 Å². The Labute approximate surface area is 202 Å². The highest BCUT2D eigenvalue weighted by Gasteiger charge is 2.17. The highest BCUT2D eigenvalue weighted by atomic mass is 35.5. The fraction of sp³-hybridized carbons (Fsp3) is 0.125. The summed E-state index contributed by atoms with van der Waals surface area (Å²) in [6, 6.07) is 5.52. The van der Waals surface area contributed by atoms with Gasteiger partial charge in [0.1, 0.15) is 23.3 Å². The number of benzene rings is 2. The van der Waals surface area contributed by atoms with E-state index < -0.39 is 23.5 Å². The molecule has 2 heterocycles. The third kappa shape index (κ3) is 4.78. The Hall–Kier alpha value is -4.05. The molecule has 2 amide bonds. The molecule has 0 aliphatic heterocycles. The van der Waals surface area contributed by atoms with Gasteiger partial charge in [-0.1, -0.05) is 18.5 Å². The SMILES string of the molecule is CCc1c(=O)n(-c2cc(NC(=O)Nc3ccc(F)cc3F)c(F)cc2Cl)cc2cnc(NC)cc12. The van der Waals surface area contributed by atoms with E-state index >= 15 is 0 Å². The van der Waals surface area contributed by atoms with Gasteiger partial charge in [-0.2, -0.15) is 0 Å². The first-order valence-electron chi connectivity index (χ1n) is 10.5. The minimum Gasteiger partial charge on any atom is -0.373 e. The Morgan fingerprint density at radius 1 is 1.06 bits per heavy atom. The standard InChI is InChI=1S/C24H19ClF3N5O2/c1-3-14-15-7-22(29-2)30-10-12(15)11-33(23(14)34)21-9-20(18(28)8-16(21)25)32-24(35)31-19-5-4-13(26)6-17(19)27/h4-11,29H,3H2,1-2H3,(H2,31,32,35). The van der Waals surface area contributed by atoms with E-state index in [2.05, 4.69) is 20.9 Å². The molecule has 35 heavy (non-hydrogen) atoms. The van der Waals surface area contributed by atoms with Crippen LogP contribution in [0.5, 0.6) is 0 Å². The van der Waals surface area contributed by atoms with E-state index in [4.69, 9.17) is 11.6 Å². The number of rotatable bonds is 5. The molecule has 2 aromatic carbocycles. The van der Waals surface area contributed by atoms with Gasteiger partial charge < -0.3 is 16.0 Å². The number of fused-ring (bicyclic) bond motifs is 1.